The van der Waals surface area contributed by atoms with Crippen molar-refractivity contribution in [3.63, 3.8) is 0 Å². The summed E-state index contributed by atoms with van der Waals surface area (Å²) in [4.78, 5) is 12.0. The van der Waals surface area contributed by atoms with Crippen LogP contribution < -0.4 is 0 Å². The number of rotatable bonds is 4. The molecule has 3 nitrogen and oxygen atoms in total. The molecule has 0 radical (unpaired) electrons. The van der Waals surface area contributed by atoms with Crippen molar-refractivity contribution in [1.82, 2.24) is 0 Å². The van der Waals surface area contributed by atoms with E-state index in [1.165, 1.54) is 0 Å². The van der Waals surface area contributed by atoms with Gasteiger partial charge in [0.05, 0.1) is 12.0 Å². The fourth-order valence-electron chi connectivity index (χ4n) is 1.78. The highest BCUT2D eigenvalue weighted by Gasteiger charge is 2.30. The van der Waals surface area contributed by atoms with E-state index in [4.69, 9.17) is 4.74 Å². The maximum absolute atomic E-state index is 12.0. The van der Waals surface area contributed by atoms with Gasteiger partial charge >= 0.3 is 5.97 Å². The van der Waals surface area contributed by atoms with Gasteiger partial charge in [0.2, 0.25) is 0 Å². The van der Waals surface area contributed by atoms with Crippen LogP contribution in [0.5, 0.6) is 0 Å². The zero-order valence-electron chi connectivity index (χ0n) is 11.5. The van der Waals surface area contributed by atoms with Crippen molar-refractivity contribution in [2.75, 3.05) is 0 Å². The molecule has 0 bridgehead atoms. The van der Waals surface area contributed by atoms with Gasteiger partial charge in [-0.1, -0.05) is 37.3 Å². The monoisotopic (exact) mass is 250 g/mol. The van der Waals surface area contributed by atoms with Gasteiger partial charge in [-0.2, -0.15) is 0 Å². The molecule has 3 heteroatoms. The first kappa shape index (κ1) is 14.7. The Labute approximate surface area is 109 Å². The summed E-state index contributed by atoms with van der Waals surface area (Å²) in [6, 6.07) is 9.21. The second-order valence-electron chi connectivity index (χ2n) is 5.40. The predicted octanol–water partition coefficient (Wildman–Crippen LogP) is 3.09. The van der Waals surface area contributed by atoms with Crippen LogP contribution in [0.3, 0.4) is 0 Å². The molecule has 0 saturated heterocycles. The molecule has 0 aromatic heterocycles. The van der Waals surface area contributed by atoms with Crippen LogP contribution in [0, 0.1) is 5.92 Å². The van der Waals surface area contributed by atoms with E-state index < -0.39 is 17.6 Å². The summed E-state index contributed by atoms with van der Waals surface area (Å²) in [5.74, 6) is -0.868. The topological polar surface area (TPSA) is 46.5 Å². The van der Waals surface area contributed by atoms with E-state index in [0.717, 1.165) is 5.56 Å². The van der Waals surface area contributed by atoms with E-state index in [9.17, 15) is 9.90 Å². The highest BCUT2D eigenvalue weighted by molar-refractivity contribution is 5.73. The average Bonchev–Trinajstić information content (AvgIpc) is 2.28. The van der Waals surface area contributed by atoms with Crippen molar-refractivity contribution < 1.29 is 14.6 Å². The Morgan fingerprint density at radius 1 is 1.28 bits per heavy atom. The first-order valence-electron chi connectivity index (χ1n) is 6.31. The molecular formula is C15H22O3. The summed E-state index contributed by atoms with van der Waals surface area (Å²) in [6.07, 6.45) is -0.267. The fourth-order valence-corrected chi connectivity index (χ4v) is 1.78. The van der Waals surface area contributed by atoms with E-state index in [-0.39, 0.29) is 5.97 Å². The Morgan fingerprint density at radius 3 is 2.28 bits per heavy atom. The molecule has 0 aliphatic carbocycles. The number of aliphatic hydroxyl groups is 1. The smallest absolute Gasteiger partial charge is 0.312 e. The molecule has 1 aromatic rings. The minimum atomic E-state index is -0.814. The van der Waals surface area contributed by atoms with E-state index >= 15 is 0 Å². The number of aliphatic hydroxyl groups excluding tert-OH is 1. The number of carbonyl (C=O) groups excluding carboxylic acids is 1. The Kier molecular flexibility index (Phi) is 4.91. The third-order valence-electron chi connectivity index (χ3n) is 2.67. The zero-order valence-corrected chi connectivity index (χ0v) is 11.5. The molecular weight excluding hydrogens is 228 g/mol. The molecule has 100 valence electrons. The van der Waals surface area contributed by atoms with E-state index in [1.54, 1.807) is 0 Å². The molecule has 1 aromatic carbocycles. The zero-order chi connectivity index (χ0) is 13.8. The van der Waals surface area contributed by atoms with Crippen LogP contribution in [0.15, 0.2) is 30.3 Å². The predicted molar refractivity (Wildman–Crippen MR) is 71.0 cm³/mol. The third-order valence-corrected chi connectivity index (χ3v) is 2.67. The highest BCUT2D eigenvalue weighted by Crippen LogP contribution is 2.27. The number of hydrogen-bond acceptors (Lipinski definition) is 3. The van der Waals surface area contributed by atoms with Crippen LogP contribution in [0.4, 0.5) is 0 Å². The minimum absolute atomic E-state index is 0.346. The lowest BCUT2D eigenvalue weighted by molar-refractivity contribution is -0.164. The molecule has 0 aliphatic rings. The van der Waals surface area contributed by atoms with Gasteiger partial charge in [-0.3, -0.25) is 4.79 Å². The summed E-state index contributed by atoms with van der Waals surface area (Å²) in [5, 5.41) is 10.2. The molecule has 2 atom stereocenters. The van der Waals surface area contributed by atoms with Crippen LogP contribution in [-0.2, 0) is 9.53 Å². The molecule has 0 spiro atoms. The Bertz CT molecular complexity index is 378. The molecule has 1 rings (SSSR count). The van der Waals surface area contributed by atoms with Crippen molar-refractivity contribution in [2.24, 2.45) is 5.92 Å². The minimum Gasteiger partial charge on any atom is -0.460 e. The number of hydrogen-bond donors (Lipinski definition) is 1. The molecule has 1 N–H and O–H groups in total. The molecule has 0 amide bonds. The lowest BCUT2D eigenvalue weighted by Crippen LogP contribution is -2.31. The quantitative estimate of drug-likeness (QED) is 0.835. The number of carbonyl (C=O) groups is 1. The maximum atomic E-state index is 12.0. The van der Waals surface area contributed by atoms with Crippen molar-refractivity contribution in [3.05, 3.63) is 35.9 Å². The van der Waals surface area contributed by atoms with Gasteiger partial charge < -0.3 is 9.84 Å². The SMILES string of the molecule is CC[C@H](C(=O)OC(C)(C)C)[C@H](O)c1ccccc1. The third kappa shape index (κ3) is 4.15. The lowest BCUT2D eigenvalue weighted by atomic mass is 9.93. The van der Waals surface area contributed by atoms with E-state index in [0.29, 0.717) is 6.42 Å². The number of benzene rings is 1. The van der Waals surface area contributed by atoms with Gasteiger partial charge in [-0.25, -0.2) is 0 Å². The van der Waals surface area contributed by atoms with Crippen LogP contribution in [0.1, 0.15) is 45.8 Å². The van der Waals surface area contributed by atoms with Gasteiger partial charge in [0.15, 0.2) is 0 Å². The maximum Gasteiger partial charge on any atom is 0.312 e. The Morgan fingerprint density at radius 2 is 1.83 bits per heavy atom. The summed E-state index contributed by atoms with van der Waals surface area (Å²) in [5.41, 5.74) is 0.219. The normalized spacial score (nSPS) is 14.9. The molecule has 0 heterocycles. The van der Waals surface area contributed by atoms with Crippen molar-refractivity contribution in [1.29, 1.82) is 0 Å². The number of ether oxygens (including phenoxy) is 1. The van der Waals surface area contributed by atoms with Gasteiger partial charge in [0, 0.05) is 0 Å². The van der Waals surface area contributed by atoms with Crippen molar-refractivity contribution in [2.45, 2.75) is 45.8 Å². The number of esters is 1. The summed E-state index contributed by atoms with van der Waals surface area (Å²) in [6.45, 7) is 7.35. The second-order valence-corrected chi connectivity index (χ2v) is 5.40. The average molecular weight is 250 g/mol. The van der Waals surface area contributed by atoms with Gasteiger partial charge in [0.25, 0.3) is 0 Å². The van der Waals surface area contributed by atoms with Crippen LogP contribution in [0.25, 0.3) is 0 Å². The summed E-state index contributed by atoms with van der Waals surface area (Å²) < 4.78 is 5.33. The van der Waals surface area contributed by atoms with E-state index in [1.807, 2.05) is 58.0 Å². The lowest BCUT2D eigenvalue weighted by Gasteiger charge is -2.26. The van der Waals surface area contributed by atoms with Crippen molar-refractivity contribution in [3.8, 4) is 0 Å². The van der Waals surface area contributed by atoms with Gasteiger partial charge in [-0.15, -0.1) is 0 Å². The molecule has 18 heavy (non-hydrogen) atoms. The summed E-state index contributed by atoms with van der Waals surface area (Å²) >= 11 is 0. The first-order chi connectivity index (χ1) is 8.35. The standard InChI is InChI=1S/C15H22O3/c1-5-12(14(17)18-15(2,3)4)13(16)11-9-7-6-8-10-11/h6-10,12-13,16H,5H2,1-4H3/t12-,13+/m0/s1. The summed E-state index contributed by atoms with van der Waals surface area (Å²) in [7, 11) is 0. The van der Waals surface area contributed by atoms with Gasteiger partial charge in [-0.05, 0) is 32.8 Å². The molecule has 0 fully saturated rings. The van der Waals surface area contributed by atoms with Crippen LogP contribution in [0.2, 0.25) is 0 Å². The van der Waals surface area contributed by atoms with E-state index in [2.05, 4.69) is 0 Å². The second kappa shape index (κ2) is 6.01. The Hall–Kier alpha value is -1.35. The van der Waals surface area contributed by atoms with Crippen molar-refractivity contribution >= 4 is 5.97 Å². The van der Waals surface area contributed by atoms with Crippen LogP contribution >= 0.6 is 0 Å². The molecule has 0 unspecified atom stereocenters. The van der Waals surface area contributed by atoms with Gasteiger partial charge in [0.1, 0.15) is 5.60 Å². The fraction of sp³-hybridized carbons (Fsp3) is 0.533. The Balaban J connectivity index is 2.81. The largest absolute Gasteiger partial charge is 0.460 e. The van der Waals surface area contributed by atoms with Crippen LogP contribution in [-0.4, -0.2) is 16.7 Å². The first-order valence-corrected chi connectivity index (χ1v) is 6.31. The highest BCUT2D eigenvalue weighted by atomic mass is 16.6. The molecule has 0 aliphatic heterocycles. The molecule has 0 saturated carbocycles.